The molecule has 5 aliphatic heterocycles. The van der Waals surface area contributed by atoms with Crippen LogP contribution >= 0.6 is 0 Å². The summed E-state index contributed by atoms with van der Waals surface area (Å²) in [5.74, 6) is 0.927. The van der Waals surface area contributed by atoms with Crippen molar-refractivity contribution in [3.05, 3.63) is 72.2 Å². The summed E-state index contributed by atoms with van der Waals surface area (Å²) in [7, 11) is 0. The van der Waals surface area contributed by atoms with Crippen molar-refractivity contribution in [1.82, 2.24) is 25.1 Å². The first kappa shape index (κ1) is 23.5. The Morgan fingerprint density at radius 1 is 0.943 bits per heavy atom. The third kappa shape index (κ3) is 6.24. The smallest absolute Gasteiger partial charge is 0.234 e. The monoisotopic (exact) mass is 470 g/mol. The lowest BCUT2D eigenvalue weighted by molar-refractivity contribution is -0.123. The van der Waals surface area contributed by atoms with E-state index in [1.165, 1.54) is 5.56 Å². The van der Waals surface area contributed by atoms with E-state index in [1.807, 2.05) is 18.5 Å². The van der Waals surface area contributed by atoms with Crippen molar-refractivity contribution in [3.63, 3.8) is 0 Å². The van der Waals surface area contributed by atoms with Gasteiger partial charge in [-0.25, -0.2) is 4.98 Å². The number of hydrogen-bond acceptors (Lipinski definition) is 6. The lowest BCUT2D eigenvalue weighted by atomic mass is 10.0. The zero-order valence-corrected chi connectivity index (χ0v) is 20.4. The molecule has 182 valence electrons. The molecule has 7 heterocycles. The van der Waals surface area contributed by atoms with E-state index in [-0.39, 0.29) is 11.9 Å². The minimum absolute atomic E-state index is 0.101. The fraction of sp³-hybridized carbons (Fsp3) is 0.393. The van der Waals surface area contributed by atoms with Gasteiger partial charge in [0, 0.05) is 74.5 Å². The van der Waals surface area contributed by atoms with Gasteiger partial charge >= 0.3 is 0 Å². The van der Waals surface area contributed by atoms with Crippen LogP contribution in [0.2, 0.25) is 0 Å². The van der Waals surface area contributed by atoms with Crippen molar-refractivity contribution in [1.29, 1.82) is 0 Å². The van der Waals surface area contributed by atoms with E-state index in [9.17, 15) is 4.79 Å². The van der Waals surface area contributed by atoms with Gasteiger partial charge in [0.1, 0.15) is 5.82 Å². The topological polar surface area (TPSA) is 73.4 Å². The third-order valence-electron chi connectivity index (χ3n) is 6.81. The second-order valence-corrected chi connectivity index (χ2v) is 9.60. The second-order valence-electron chi connectivity index (χ2n) is 9.60. The number of pyridine rings is 2. The quantitative estimate of drug-likeness (QED) is 0.593. The summed E-state index contributed by atoms with van der Waals surface area (Å²) in [6.45, 7) is 7.26. The summed E-state index contributed by atoms with van der Waals surface area (Å²) >= 11 is 0. The molecule has 0 spiro atoms. The van der Waals surface area contributed by atoms with Crippen molar-refractivity contribution in [3.8, 4) is 11.1 Å². The molecule has 8 rings (SSSR count). The van der Waals surface area contributed by atoms with Gasteiger partial charge in [-0.05, 0) is 47.9 Å². The van der Waals surface area contributed by atoms with Gasteiger partial charge < -0.3 is 10.6 Å². The molecule has 1 saturated heterocycles. The highest BCUT2D eigenvalue weighted by atomic mass is 16.2. The minimum Gasteiger partial charge on any atom is -0.352 e. The van der Waals surface area contributed by atoms with E-state index in [0.29, 0.717) is 6.54 Å². The standard InChI is InChI=1S/C28H34N6O/c1-2-4-25-17-24-8-7-23(18-30-24)22-9-10-29-27(16-22)31-26-6-3-5-21(15-26)19-33-11-13-34(14-12-33)20-28(35)32-25/h3,5-10,15-16,18,25H,2,4,11-14,17,19-20H2,1H3,(H,29,31)(H,32,35). The van der Waals surface area contributed by atoms with Crippen molar-refractivity contribution < 1.29 is 4.79 Å². The molecule has 8 bridgehead atoms. The number of rotatable bonds is 2. The van der Waals surface area contributed by atoms with Crippen LogP contribution in [-0.4, -0.2) is 64.4 Å². The number of hydrogen-bond donors (Lipinski definition) is 2. The molecule has 0 radical (unpaired) electrons. The Balaban J connectivity index is 1.43. The number of anilines is 2. The number of benzene rings is 1. The number of piperazine rings is 1. The van der Waals surface area contributed by atoms with E-state index in [2.05, 4.69) is 74.8 Å². The summed E-state index contributed by atoms with van der Waals surface area (Å²) in [5.41, 5.74) is 5.41. The molecular weight excluding hydrogens is 436 g/mol. The molecule has 0 saturated carbocycles. The molecule has 1 fully saturated rings. The molecule has 2 N–H and O–H groups in total. The minimum atomic E-state index is 0.101. The number of carbonyl (C=O) groups is 1. The highest BCUT2D eigenvalue weighted by Gasteiger charge is 2.21. The molecule has 1 aromatic carbocycles. The molecular formula is C28H34N6O. The predicted octanol–water partition coefficient (Wildman–Crippen LogP) is 3.85. The lowest BCUT2D eigenvalue weighted by Crippen LogP contribution is -2.50. The van der Waals surface area contributed by atoms with Crippen LogP contribution in [0.4, 0.5) is 11.5 Å². The molecule has 2 aromatic heterocycles. The van der Waals surface area contributed by atoms with E-state index >= 15 is 0 Å². The Bertz CT molecular complexity index is 1140. The average molecular weight is 471 g/mol. The van der Waals surface area contributed by atoms with Gasteiger partial charge in [0.2, 0.25) is 5.91 Å². The predicted molar refractivity (Wildman–Crippen MR) is 139 cm³/mol. The van der Waals surface area contributed by atoms with Crippen LogP contribution in [0.15, 0.2) is 60.9 Å². The van der Waals surface area contributed by atoms with E-state index in [4.69, 9.17) is 4.98 Å². The van der Waals surface area contributed by atoms with Crippen molar-refractivity contribution in [2.45, 2.75) is 38.8 Å². The Kier molecular flexibility index (Phi) is 7.35. The maximum absolute atomic E-state index is 12.8. The van der Waals surface area contributed by atoms with Crippen molar-refractivity contribution in [2.24, 2.45) is 0 Å². The van der Waals surface area contributed by atoms with Crippen LogP contribution in [0.1, 0.15) is 31.0 Å². The Morgan fingerprint density at radius 3 is 2.54 bits per heavy atom. The number of nitrogens with zero attached hydrogens (tertiary/aromatic N) is 4. The maximum Gasteiger partial charge on any atom is 0.234 e. The molecule has 7 heteroatoms. The number of carbonyl (C=O) groups excluding carboxylic acids is 1. The zero-order chi connectivity index (χ0) is 24.0. The van der Waals surface area contributed by atoms with Gasteiger partial charge in [-0.2, -0.15) is 0 Å². The Labute approximate surface area is 207 Å². The van der Waals surface area contributed by atoms with Gasteiger partial charge in [-0.3, -0.25) is 19.6 Å². The van der Waals surface area contributed by atoms with Crippen LogP contribution < -0.4 is 10.6 Å². The van der Waals surface area contributed by atoms with E-state index < -0.39 is 0 Å². The average Bonchev–Trinajstić information content (AvgIpc) is 2.86. The molecule has 1 unspecified atom stereocenters. The van der Waals surface area contributed by atoms with Crippen molar-refractivity contribution in [2.75, 3.05) is 38.0 Å². The summed E-state index contributed by atoms with van der Waals surface area (Å²) in [6.07, 6.45) is 6.46. The molecule has 1 atom stereocenters. The largest absolute Gasteiger partial charge is 0.352 e. The number of nitrogens with one attached hydrogen (secondary N) is 2. The Hall–Kier alpha value is -3.29. The van der Waals surface area contributed by atoms with Gasteiger partial charge in [0.05, 0.1) is 6.54 Å². The fourth-order valence-corrected chi connectivity index (χ4v) is 4.96. The van der Waals surface area contributed by atoms with E-state index in [0.717, 1.165) is 80.3 Å². The van der Waals surface area contributed by atoms with Crippen LogP contribution in [0.3, 0.4) is 0 Å². The molecule has 35 heavy (non-hydrogen) atoms. The second kappa shape index (κ2) is 11.0. The van der Waals surface area contributed by atoms with Crippen molar-refractivity contribution >= 4 is 17.4 Å². The first-order valence-electron chi connectivity index (χ1n) is 12.7. The molecule has 7 nitrogen and oxygen atoms in total. The summed E-state index contributed by atoms with van der Waals surface area (Å²) in [4.78, 5) is 26.8. The van der Waals surface area contributed by atoms with Gasteiger partial charge in [0.15, 0.2) is 0 Å². The highest BCUT2D eigenvalue weighted by Crippen LogP contribution is 2.24. The molecule has 1 amide bonds. The fourth-order valence-electron chi connectivity index (χ4n) is 4.96. The van der Waals surface area contributed by atoms with E-state index in [1.54, 1.807) is 0 Å². The zero-order valence-electron chi connectivity index (χ0n) is 20.4. The van der Waals surface area contributed by atoms with Gasteiger partial charge in [0.25, 0.3) is 0 Å². The molecule has 0 aliphatic carbocycles. The van der Waals surface area contributed by atoms with Gasteiger partial charge in [-0.15, -0.1) is 0 Å². The number of amides is 1. The molecule has 5 aliphatic rings. The SMILES string of the molecule is CCCC1Cc2ccc(cn2)-c2ccnc(c2)Nc2cccc(c2)CN2CCN(CC2)CC(=O)N1. The van der Waals surface area contributed by atoms with Crippen LogP contribution in [-0.2, 0) is 17.8 Å². The molecule has 3 aromatic rings. The third-order valence-corrected chi connectivity index (χ3v) is 6.81. The van der Waals surface area contributed by atoms with Crippen LogP contribution in [0.25, 0.3) is 11.1 Å². The van der Waals surface area contributed by atoms with Crippen LogP contribution in [0.5, 0.6) is 0 Å². The highest BCUT2D eigenvalue weighted by molar-refractivity contribution is 5.78. The summed E-state index contributed by atoms with van der Waals surface area (Å²) in [6, 6.07) is 16.9. The normalized spacial score (nSPS) is 22.7. The Morgan fingerprint density at radius 2 is 1.77 bits per heavy atom. The maximum atomic E-state index is 12.8. The summed E-state index contributed by atoms with van der Waals surface area (Å²) in [5, 5.41) is 6.74. The van der Waals surface area contributed by atoms with Gasteiger partial charge in [-0.1, -0.05) is 31.5 Å². The first-order valence-corrected chi connectivity index (χ1v) is 12.7. The van der Waals surface area contributed by atoms with Crippen LogP contribution in [0, 0.1) is 0 Å². The lowest BCUT2D eigenvalue weighted by Gasteiger charge is -2.34. The number of aromatic nitrogens is 2. The summed E-state index contributed by atoms with van der Waals surface area (Å²) < 4.78 is 0. The first-order chi connectivity index (χ1) is 17.1.